The average molecular weight is 345 g/mol. The molecular weight excluding hydrogens is 326 g/mol. The van der Waals surface area contributed by atoms with Crippen molar-refractivity contribution in [1.29, 1.82) is 0 Å². The molecule has 0 saturated carbocycles. The lowest BCUT2D eigenvalue weighted by molar-refractivity contribution is -0.123. The summed E-state index contributed by atoms with van der Waals surface area (Å²) in [6, 6.07) is 5.85. The molecule has 1 aromatic rings. The first-order valence-electron chi connectivity index (χ1n) is 6.44. The molecule has 22 heavy (non-hydrogen) atoms. The number of thioether (sulfide) groups is 1. The fourth-order valence-electron chi connectivity index (χ4n) is 1.48. The van der Waals surface area contributed by atoms with Gasteiger partial charge < -0.3 is 10.6 Å². The number of amides is 2. The van der Waals surface area contributed by atoms with Gasteiger partial charge in [0.2, 0.25) is 21.8 Å². The van der Waals surface area contributed by atoms with Gasteiger partial charge in [0.05, 0.1) is 16.7 Å². The molecule has 0 radical (unpaired) electrons. The standard InChI is InChI=1S/C13H19N3O4S2/c1-9(21-3)13(18)15-8-12(17)16-10-5-4-6-11(7-10)22(19,20)14-2/h4-7,9,14H,8H2,1-3H3,(H,15,18)(H,16,17)/t9-/m0/s1. The van der Waals surface area contributed by atoms with Crippen molar-refractivity contribution in [2.75, 3.05) is 25.2 Å². The first kappa shape index (κ1) is 18.5. The number of sulfonamides is 1. The predicted octanol–water partition coefficient (Wildman–Crippen LogP) is 0.401. The van der Waals surface area contributed by atoms with Crippen LogP contribution < -0.4 is 15.4 Å². The summed E-state index contributed by atoms with van der Waals surface area (Å²) in [5.41, 5.74) is 0.341. The van der Waals surface area contributed by atoms with Crippen LogP contribution in [0.25, 0.3) is 0 Å². The van der Waals surface area contributed by atoms with Gasteiger partial charge in [-0.05, 0) is 38.4 Å². The van der Waals surface area contributed by atoms with Crippen molar-refractivity contribution in [3.8, 4) is 0 Å². The zero-order valence-corrected chi connectivity index (χ0v) is 14.2. The number of hydrogen-bond donors (Lipinski definition) is 3. The Labute approximate surface area is 134 Å². The van der Waals surface area contributed by atoms with Crippen LogP contribution in [0.2, 0.25) is 0 Å². The van der Waals surface area contributed by atoms with E-state index in [0.29, 0.717) is 5.69 Å². The molecule has 7 nitrogen and oxygen atoms in total. The third-order valence-electron chi connectivity index (χ3n) is 2.84. The van der Waals surface area contributed by atoms with Crippen LogP contribution in [0.1, 0.15) is 6.92 Å². The summed E-state index contributed by atoms with van der Waals surface area (Å²) >= 11 is 1.38. The van der Waals surface area contributed by atoms with Crippen molar-refractivity contribution < 1.29 is 18.0 Å². The van der Waals surface area contributed by atoms with Gasteiger partial charge in [0.15, 0.2) is 0 Å². The summed E-state index contributed by atoms with van der Waals surface area (Å²) < 4.78 is 25.6. The van der Waals surface area contributed by atoms with Crippen molar-refractivity contribution in [1.82, 2.24) is 10.0 Å². The Kier molecular flexibility index (Phi) is 6.85. The van der Waals surface area contributed by atoms with E-state index in [9.17, 15) is 18.0 Å². The summed E-state index contributed by atoms with van der Waals surface area (Å²) in [6.07, 6.45) is 1.80. The highest BCUT2D eigenvalue weighted by Crippen LogP contribution is 2.14. The number of nitrogens with one attached hydrogen (secondary N) is 3. The van der Waals surface area contributed by atoms with Crippen LogP contribution in [-0.4, -0.2) is 45.3 Å². The Hall–Kier alpha value is -1.58. The third kappa shape index (κ3) is 5.32. The normalized spacial score (nSPS) is 12.5. The molecule has 0 aliphatic heterocycles. The highest BCUT2D eigenvalue weighted by molar-refractivity contribution is 7.99. The summed E-state index contributed by atoms with van der Waals surface area (Å²) in [7, 11) is -2.26. The minimum absolute atomic E-state index is 0.0489. The van der Waals surface area contributed by atoms with Gasteiger partial charge in [-0.2, -0.15) is 11.8 Å². The number of hydrogen-bond acceptors (Lipinski definition) is 5. The lowest BCUT2D eigenvalue weighted by atomic mass is 10.3. The Balaban J connectivity index is 2.66. The maximum absolute atomic E-state index is 11.8. The Morgan fingerprint density at radius 1 is 1.32 bits per heavy atom. The van der Waals surface area contributed by atoms with Crippen LogP contribution in [0.5, 0.6) is 0 Å². The second kappa shape index (κ2) is 8.16. The quantitative estimate of drug-likeness (QED) is 0.664. The molecule has 0 saturated heterocycles. The molecular formula is C13H19N3O4S2. The topological polar surface area (TPSA) is 104 Å². The van der Waals surface area contributed by atoms with Crippen molar-refractivity contribution in [2.45, 2.75) is 17.1 Å². The highest BCUT2D eigenvalue weighted by atomic mass is 32.2. The van der Waals surface area contributed by atoms with Gasteiger partial charge in [-0.1, -0.05) is 6.07 Å². The van der Waals surface area contributed by atoms with Crippen LogP contribution in [-0.2, 0) is 19.6 Å². The fourth-order valence-corrected chi connectivity index (χ4v) is 2.56. The van der Waals surface area contributed by atoms with Gasteiger partial charge in [-0.25, -0.2) is 13.1 Å². The Morgan fingerprint density at radius 2 is 2.00 bits per heavy atom. The molecule has 0 bridgehead atoms. The second-order valence-electron chi connectivity index (χ2n) is 4.38. The summed E-state index contributed by atoms with van der Waals surface area (Å²) in [5.74, 6) is -0.658. The average Bonchev–Trinajstić information content (AvgIpc) is 2.52. The second-order valence-corrected chi connectivity index (χ2v) is 7.44. The molecule has 1 rings (SSSR count). The molecule has 0 aliphatic rings. The van der Waals surface area contributed by atoms with E-state index in [-0.39, 0.29) is 22.6 Å². The van der Waals surface area contributed by atoms with Gasteiger partial charge in [-0.15, -0.1) is 0 Å². The number of carbonyl (C=O) groups excluding carboxylic acids is 2. The molecule has 0 spiro atoms. The van der Waals surface area contributed by atoms with E-state index in [1.807, 2.05) is 0 Å². The molecule has 1 atom stereocenters. The minimum Gasteiger partial charge on any atom is -0.346 e. The Bertz CT molecular complexity index is 646. The predicted molar refractivity (Wildman–Crippen MR) is 87.3 cm³/mol. The van der Waals surface area contributed by atoms with Crippen molar-refractivity contribution >= 4 is 39.3 Å². The minimum atomic E-state index is -3.57. The molecule has 9 heteroatoms. The zero-order chi connectivity index (χ0) is 16.8. The van der Waals surface area contributed by atoms with Crippen LogP contribution in [0.4, 0.5) is 5.69 Å². The van der Waals surface area contributed by atoms with E-state index >= 15 is 0 Å². The molecule has 122 valence electrons. The first-order valence-corrected chi connectivity index (χ1v) is 9.21. The van der Waals surface area contributed by atoms with Gasteiger partial charge in [0, 0.05) is 5.69 Å². The van der Waals surface area contributed by atoms with Gasteiger partial charge in [0.25, 0.3) is 0 Å². The van der Waals surface area contributed by atoms with E-state index in [1.165, 1.54) is 37.0 Å². The number of anilines is 1. The van der Waals surface area contributed by atoms with Gasteiger partial charge >= 0.3 is 0 Å². The molecule has 1 aromatic carbocycles. The first-order chi connectivity index (χ1) is 10.3. The summed E-state index contributed by atoms with van der Waals surface area (Å²) in [4.78, 5) is 23.4. The highest BCUT2D eigenvalue weighted by Gasteiger charge is 2.14. The van der Waals surface area contributed by atoms with E-state index in [4.69, 9.17) is 0 Å². The molecule has 0 heterocycles. The maximum atomic E-state index is 11.8. The lowest BCUT2D eigenvalue weighted by Gasteiger charge is -2.10. The fraction of sp³-hybridized carbons (Fsp3) is 0.385. The summed E-state index contributed by atoms with van der Waals surface area (Å²) in [6.45, 7) is 1.57. The molecule has 0 aromatic heterocycles. The smallest absolute Gasteiger partial charge is 0.243 e. The van der Waals surface area contributed by atoms with Crippen molar-refractivity contribution in [3.05, 3.63) is 24.3 Å². The van der Waals surface area contributed by atoms with Gasteiger partial charge in [-0.3, -0.25) is 9.59 Å². The molecule has 3 N–H and O–H groups in total. The molecule has 0 fully saturated rings. The molecule has 0 aliphatic carbocycles. The number of benzene rings is 1. The van der Waals surface area contributed by atoms with Crippen molar-refractivity contribution in [2.24, 2.45) is 0 Å². The van der Waals surface area contributed by atoms with Crippen LogP contribution in [0, 0.1) is 0 Å². The maximum Gasteiger partial charge on any atom is 0.243 e. The van der Waals surface area contributed by atoms with Crippen molar-refractivity contribution in [3.63, 3.8) is 0 Å². The number of rotatable bonds is 7. The van der Waals surface area contributed by atoms with Crippen LogP contribution in [0.15, 0.2) is 29.2 Å². The summed E-state index contributed by atoms with van der Waals surface area (Å²) in [5, 5.41) is 4.81. The monoisotopic (exact) mass is 345 g/mol. The SMILES string of the molecule is CNS(=O)(=O)c1cccc(NC(=O)CNC(=O)[C@H](C)SC)c1. The van der Waals surface area contributed by atoms with E-state index < -0.39 is 15.9 Å². The lowest BCUT2D eigenvalue weighted by Crippen LogP contribution is -2.37. The van der Waals surface area contributed by atoms with Gasteiger partial charge in [0.1, 0.15) is 0 Å². The third-order valence-corrected chi connectivity index (χ3v) is 5.18. The Morgan fingerprint density at radius 3 is 2.59 bits per heavy atom. The van der Waals surface area contributed by atoms with E-state index in [0.717, 1.165) is 0 Å². The van der Waals surface area contributed by atoms with Crippen LogP contribution in [0.3, 0.4) is 0 Å². The number of carbonyl (C=O) groups is 2. The van der Waals surface area contributed by atoms with Crippen LogP contribution >= 0.6 is 11.8 Å². The molecule has 2 amide bonds. The largest absolute Gasteiger partial charge is 0.346 e. The molecule has 0 unspecified atom stereocenters. The van der Waals surface area contributed by atoms with E-state index in [2.05, 4.69) is 15.4 Å². The van der Waals surface area contributed by atoms with E-state index in [1.54, 1.807) is 19.2 Å². The zero-order valence-electron chi connectivity index (χ0n) is 12.5.